The van der Waals surface area contributed by atoms with Gasteiger partial charge in [0.05, 0.1) is 46.1 Å². The average molecular weight is 549 g/mol. The highest BCUT2D eigenvalue weighted by atomic mass is 35.5. The number of methoxy groups -OCH3 is 1. The van der Waals surface area contributed by atoms with Gasteiger partial charge in [0.15, 0.2) is 0 Å². The third-order valence-electron chi connectivity index (χ3n) is 6.33. The maximum absolute atomic E-state index is 12.2. The molecular formula is C28H33ClN8O2. The van der Waals surface area contributed by atoms with Gasteiger partial charge in [0, 0.05) is 50.4 Å². The molecule has 0 fully saturated rings. The standard InChI is InChI=1S/C28H33ClN8O2/c1-8-26(38)31-22-15-23(25(39-7)16-24(22)36(5)12-11-35(3)4)33-28-30-10-9-21(32-28)18-13-19-17(2)34-37(6)27(19)20(29)14-18/h8-10,13-16H,1,11-12H2,2-7H3,(H,31,38)(H,30,32,33). The van der Waals surface area contributed by atoms with Crippen LogP contribution in [0.2, 0.25) is 5.02 Å². The number of benzene rings is 2. The second-order valence-corrected chi connectivity index (χ2v) is 9.85. The summed E-state index contributed by atoms with van der Waals surface area (Å²) in [5.41, 5.74) is 5.30. The third-order valence-corrected chi connectivity index (χ3v) is 6.62. The number of carbonyl (C=O) groups is 1. The number of amides is 1. The van der Waals surface area contributed by atoms with E-state index in [9.17, 15) is 4.79 Å². The number of fused-ring (bicyclic) bond motifs is 1. The van der Waals surface area contributed by atoms with Crippen molar-refractivity contribution in [3.63, 3.8) is 0 Å². The molecule has 0 saturated carbocycles. The largest absolute Gasteiger partial charge is 0.494 e. The van der Waals surface area contributed by atoms with Crippen LogP contribution < -0.4 is 20.3 Å². The Morgan fingerprint density at radius 3 is 2.64 bits per heavy atom. The molecule has 4 rings (SSSR count). The van der Waals surface area contributed by atoms with Crippen LogP contribution in [0.15, 0.2) is 49.2 Å². The molecule has 2 aromatic carbocycles. The molecule has 10 nitrogen and oxygen atoms in total. The van der Waals surface area contributed by atoms with E-state index in [-0.39, 0.29) is 5.91 Å². The van der Waals surface area contributed by atoms with Crippen molar-refractivity contribution in [2.45, 2.75) is 6.92 Å². The van der Waals surface area contributed by atoms with Crippen molar-refractivity contribution in [3.05, 3.63) is 59.9 Å². The normalized spacial score (nSPS) is 11.1. The molecule has 4 aromatic rings. The Balaban J connectivity index is 1.71. The second kappa shape index (κ2) is 11.7. The predicted molar refractivity (Wildman–Crippen MR) is 158 cm³/mol. The zero-order valence-electron chi connectivity index (χ0n) is 23.0. The summed E-state index contributed by atoms with van der Waals surface area (Å²) < 4.78 is 7.48. The Morgan fingerprint density at radius 2 is 1.95 bits per heavy atom. The van der Waals surface area contributed by atoms with Crippen LogP contribution in [0.5, 0.6) is 5.75 Å². The highest BCUT2D eigenvalue weighted by molar-refractivity contribution is 6.35. The molecule has 0 spiro atoms. The summed E-state index contributed by atoms with van der Waals surface area (Å²) in [5, 5.41) is 12.2. The van der Waals surface area contributed by atoms with Crippen LogP contribution >= 0.6 is 11.6 Å². The van der Waals surface area contributed by atoms with Gasteiger partial charge in [0.1, 0.15) is 5.75 Å². The van der Waals surface area contributed by atoms with Crippen LogP contribution in [0.4, 0.5) is 23.0 Å². The lowest BCUT2D eigenvalue weighted by molar-refractivity contribution is -0.111. The Labute approximate surface area is 233 Å². The van der Waals surface area contributed by atoms with Gasteiger partial charge in [-0.05, 0) is 51.4 Å². The van der Waals surface area contributed by atoms with Crippen LogP contribution in [0.1, 0.15) is 5.69 Å². The van der Waals surface area contributed by atoms with Gasteiger partial charge in [0.25, 0.3) is 0 Å². The van der Waals surface area contributed by atoms with Gasteiger partial charge in [-0.1, -0.05) is 18.2 Å². The van der Waals surface area contributed by atoms with Gasteiger partial charge in [-0.2, -0.15) is 5.10 Å². The highest BCUT2D eigenvalue weighted by Crippen LogP contribution is 2.38. The minimum atomic E-state index is -0.315. The van der Waals surface area contributed by atoms with Gasteiger partial charge < -0.3 is 25.2 Å². The zero-order chi connectivity index (χ0) is 28.3. The lowest BCUT2D eigenvalue weighted by Gasteiger charge is -2.26. The van der Waals surface area contributed by atoms with E-state index in [1.165, 1.54) is 6.08 Å². The van der Waals surface area contributed by atoms with Crippen molar-refractivity contribution < 1.29 is 9.53 Å². The smallest absolute Gasteiger partial charge is 0.247 e. The Hall–Kier alpha value is -4.15. The number of hydrogen-bond acceptors (Lipinski definition) is 8. The zero-order valence-corrected chi connectivity index (χ0v) is 23.8. The molecule has 0 bridgehead atoms. The maximum Gasteiger partial charge on any atom is 0.247 e. The van der Waals surface area contributed by atoms with Gasteiger partial charge in [-0.15, -0.1) is 0 Å². The van der Waals surface area contributed by atoms with Crippen molar-refractivity contribution in [2.24, 2.45) is 7.05 Å². The Bertz CT molecular complexity index is 1530. The molecule has 0 aliphatic rings. The number of nitrogens with zero attached hydrogens (tertiary/aromatic N) is 6. The molecule has 39 heavy (non-hydrogen) atoms. The summed E-state index contributed by atoms with van der Waals surface area (Å²) in [6.07, 6.45) is 2.91. The van der Waals surface area contributed by atoms with E-state index in [1.54, 1.807) is 24.1 Å². The lowest BCUT2D eigenvalue weighted by atomic mass is 10.1. The lowest BCUT2D eigenvalue weighted by Crippen LogP contribution is -2.29. The second-order valence-electron chi connectivity index (χ2n) is 9.44. The molecule has 0 radical (unpaired) electrons. The minimum Gasteiger partial charge on any atom is -0.494 e. The number of halogens is 1. The van der Waals surface area contributed by atoms with E-state index in [0.717, 1.165) is 40.9 Å². The first-order chi connectivity index (χ1) is 18.6. The number of carbonyl (C=O) groups excluding carboxylic acids is 1. The summed E-state index contributed by atoms with van der Waals surface area (Å²) in [7, 11) is 9.46. The fourth-order valence-corrected chi connectivity index (χ4v) is 4.63. The van der Waals surface area contributed by atoms with Crippen LogP contribution in [0, 0.1) is 6.92 Å². The van der Waals surface area contributed by atoms with Crippen molar-refractivity contribution in [3.8, 4) is 17.0 Å². The molecule has 11 heteroatoms. The summed E-state index contributed by atoms with van der Waals surface area (Å²) >= 11 is 6.61. The molecule has 0 aliphatic carbocycles. The molecule has 204 valence electrons. The van der Waals surface area contributed by atoms with Crippen LogP contribution in [-0.2, 0) is 11.8 Å². The Kier molecular flexibility index (Phi) is 8.37. The van der Waals surface area contributed by atoms with Gasteiger partial charge in [0.2, 0.25) is 11.9 Å². The van der Waals surface area contributed by atoms with Gasteiger partial charge >= 0.3 is 0 Å². The third kappa shape index (κ3) is 6.13. The van der Waals surface area contributed by atoms with E-state index in [4.69, 9.17) is 21.3 Å². The molecule has 2 N–H and O–H groups in total. The van der Waals surface area contributed by atoms with Crippen molar-refractivity contribution in [2.75, 3.05) is 56.9 Å². The molecule has 0 saturated heterocycles. The average Bonchev–Trinajstić information content (AvgIpc) is 3.20. The first kappa shape index (κ1) is 27.9. The summed E-state index contributed by atoms with van der Waals surface area (Å²) in [6, 6.07) is 9.40. The number of ether oxygens (including phenoxy) is 1. The molecule has 2 aromatic heterocycles. The monoisotopic (exact) mass is 548 g/mol. The number of nitrogens with one attached hydrogen (secondary N) is 2. The summed E-state index contributed by atoms with van der Waals surface area (Å²) in [6.45, 7) is 7.11. The maximum atomic E-state index is 12.2. The van der Waals surface area contributed by atoms with Crippen LogP contribution in [0.3, 0.4) is 0 Å². The van der Waals surface area contributed by atoms with Gasteiger partial charge in [-0.25, -0.2) is 9.97 Å². The molecule has 0 aliphatic heterocycles. The van der Waals surface area contributed by atoms with E-state index in [0.29, 0.717) is 33.8 Å². The number of anilines is 4. The number of aromatic nitrogens is 4. The van der Waals surface area contributed by atoms with Gasteiger partial charge in [-0.3, -0.25) is 9.48 Å². The fourth-order valence-electron chi connectivity index (χ4n) is 4.29. The van der Waals surface area contributed by atoms with Crippen LogP contribution in [-0.4, -0.2) is 71.9 Å². The molecule has 0 atom stereocenters. The summed E-state index contributed by atoms with van der Waals surface area (Å²) in [4.78, 5) is 25.5. The summed E-state index contributed by atoms with van der Waals surface area (Å²) in [5.74, 6) is 0.618. The molecule has 0 unspecified atom stereocenters. The molecular weight excluding hydrogens is 516 g/mol. The molecule has 2 heterocycles. The highest BCUT2D eigenvalue weighted by Gasteiger charge is 2.17. The predicted octanol–water partition coefficient (Wildman–Crippen LogP) is 4.87. The van der Waals surface area contributed by atoms with Crippen LogP contribution in [0.25, 0.3) is 22.2 Å². The fraction of sp³-hybridized carbons (Fsp3) is 0.286. The van der Waals surface area contributed by atoms with Crippen molar-refractivity contribution in [1.29, 1.82) is 0 Å². The number of rotatable bonds is 10. The van der Waals surface area contributed by atoms with E-state index < -0.39 is 0 Å². The SMILES string of the molecule is C=CC(=O)Nc1cc(Nc2nccc(-c3cc(Cl)c4c(c3)c(C)nn4C)n2)c(OC)cc1N(C)CCN(C)C. The number of aryl methyl sites for hydroxylation is 2. The molecule has 1 amide bonds. The first-order valence-corrected chi connectivity index (χ1v) is 12.7. The van der Waals surface area contributed by atoms with E-state index in [2.05, 4.69) is 37.1 Å². The first-order valence-electron chi connectivity index (χ1n) is 12.4. The quantitative estimate of drug-likeness (QED) is 0.271. The topological polar surface area (TPSA) is 100 Å². The van der Waals surface area contributed by atoms with Crippen molar-refractivity contribution in [1.82, 2.24) is 24.6 Å². The number of hydrogen-bond donors (Lipinski definition) is 2. The van der Waals surface area contributed by atoms with E-state index >= 15 is 0 Å². The number of likely N-dealkylation sites (N-methyl/N-ethyl adjacent to an activating group) is 2. The van der Waals surface area contributed by atoms with Crippen molar-refractivity contribution >= 4 is 51.4 Å². The van der Waals surface area contributed by atoms with E-state index in [1.807, 2.05) is 59.4 Å². The minimum absolute atomic E-state index is 0.315. The Morgan fingerprint density at radius 1 is 1.18 bits per heavy atom.